The third-order valence-electron chi connectivity index (χ3n) is 1.11. The zero-order valence-electron chi connectivity index (χ0n) is 5.63. The largest absolute Gasteiger partial charge is 0.183 e. The number of nitriles is 1. The van der Waals surface area contributed by atoms with Crippen molar-refractivity contribution in [1.82, 2.24) is 0 Å². The predicted molar refractivity (Wildman–Crippen MR) is 46.6 cm³/mol. The molecule has 0 aromatic heterocycles. The molecule has 0 saturated carbocycles. The third kappa shape index (κ3) is 2.45. The first-order valence-corrected chi connectivity index (χ1v) is 3.78. The molecule has 1 aromatic carbocycles. The summed E-state index contributed by atoms with van der Waals surface area (Å²) in [6.07, 6.45) is 0. The molecular formula is C9H4BrN. The van der Waals surface area contributed by atoms with Gasteiger partial charge in [-0.2, -0.15) is 5.26 Å². The summed E-state index contributed by atoms with van der Waals surface area (Å²) in [6.45, 7) is 0. The number of benzene rings is 1. The highest BCUT2D eigenvalue weighted by molar-refractivity contribution is 9.10. The number of hydrogen-bond acceptors (Lipinski definition) is 1. The molecule has 0 fully saturated rings. The molecule has 52 valence electrons. The fourth-order valence-electron chi connectivity index (χ4n) is 0.633. The van der Waals surface area contributed by atoms with E-state index in [4.69, 9.17) is 5.26 Å². The molecule has 0 unspecified atom stereocenters. The lowest BCUT2D eigenvalue weighted by molar-refractivity contribution is 1.54. The standard InChI is InChI=1S/C9H4BrN/c10-9-5-3-8(4-6-9)2-1-7-11/h3-6H. The Balaban J connectivity index is 2.93. The molecule has 1 nitrogen and oxygen atoms in total. The Hall–Kier alpha value is -1.25. The van der Waals surface area contributed by atoms with Gasteiger partial charge in [-0.15, -0.1) is 0 Å². The average Bonchev–Trinajstić information content (AvgIpc) is 2.04. The van der Waals surface area contributed by atoms with Crippen LogP contribution in [0.3, 0.4) is 0 Å². The first-order chi connectivity index (χ1) is 5.33. The molecule has 11 heavy (non-hydrogen) atoms. The van der Waals surface area contributed by atoms with E-state index in [-0.39, 0.29) is 0 Å². The highest BCUT2D eigenvalue weighted by Crippen LogP contribution is 2.09. The summed E-state index contributed by atoms with van der Waals surface area (Å²) >= 11 is 3.30. The normalized spacial score (nSPS) is 7.64. The summed E-state index contributed by atoms with van der Waals surface area (Å²) < 4.78 is 1.01. The number of halogens is 1. The molecule has 0 bridgehead atoms. The first kappa shape index (κ1) is 7.85. The van der Waals surface area contributed by atoms with Crippen LogP contribution in [-0.4, -0.2) is 0 Å². The highest BCUT2D eigenvalue weighted by atomic mass is 79.9. The second-order valence-electron chi connectivity index (χ2n) is 1.87. The van der Waals surface area contributed by atoms with Crippen molar-refractivity contribution in [3.8, 4) is 17.9 Å². The maximum atomic E-state index is 8.15. The summed E-state index contributed by atoms with van der Waals surface area (Å²) in [7, 11) is 0. The smallest absolute Gasteiger partial charge is 0.152 e. The van der Waals surface area contributed by atoms with E-state index in [1.165, 1.54) is 0 Å². The summed E-state index contributed by atoms with van der Waals surface area (Å²) in [5.41, 5.74) is 0.856. The molecule has 0 aliphatic rings. The highest BCUT2D eigenvalue weighted by Gasteiger charge is 1.85. The van der Waals surface area contributed by atoms with E-state index in [0.29, 0.717) is 0 Å². The fourth-order valence-corrected chi connectivity index (χ4v) is 0.898. The Bertz CT molecular complexity index is 335. The fraction of sp³-hybridized carbons (Fsp3) is 0. The van der Waals surface area contributed by atoms with Crippen LogP contribution in [0, 0.1) is 23.2 Å². The zero-order chi connectivity index (χ0) is 8.10. The summed E-state index contributed by atoms with van der Waals surface area (Å²) in [5.74, 6) is 5.01. The van der Waals surface area contributed by atoms with Crippen LogP contribution in [0.15, 0.2) is 28.7 Å². The van der Waals surface area contributed by atoms with Crippen LogP contribution in [0.4, 0.5) is 0 Å². The van der Waals surface area contributed by atoms with Crippen molar-refractivity contribution in [2.24, 2.45) is 0 Å². The van der Waals surface area contributed by atoms with Crippen molar-refractivity contribution < 1.29 is 0 Å². The van der Waals surface area contributed by atoms with E-state index in [9.17, 15) is 0 Å². The average molecular weight is 206 g/mol. The summed E-state index contributed by atoms with van der Waals surface area (Å²) in [4.78, 5) is 0. The molecule has 0 saturated heterocycles. The van der Waals surface area contributed by atoms with E-state index in [0.717, 1.165) is 10.0 Å². The van der Waals surface area contributed by atoms with Gasteiger partial charge in [0.1, 0.15) is 0 Å². The van der Waals surface area contributed by atoms with Gasteiger partial charge in [0.15, 0.2) is 6.07 Å². The van der Waals surface area contributed by atoms with Gasteiger partial charge in [0, 0.05) is 16.0 Å². The molecule has 0 spiro atoms. The van der Waals surface area contributed by atoms with Crippen molar-refractivity contribution in [1.29, 1.82) is 5.26 Å². The Morgan fingerprint density at radius 1 is 1.18 bits per heavy atom. The Morgan fingerprint density at radius 3 is 2.36 bits per heavy atom. The van der Waals surface area contributed by atoms with Crippen molar-refractivity contribution in [3.05, 3.63) is 34.3 Å². The van der Waals surface area contributed by atoms with E-state index in [1.54, 1.807) is 6.07 Å². The molecule has 1 aromatic rings. The Labute approximate surface area is 73.8 Å². The monoisotopic (exact) mass is 205 g/mol. The molecule has 1 rings (SSSR count). The number of rotatable bonds is 0. The summed E-state index contributed by atoms with van der Waals surface area (Å²) in [6, 6.07) is 9.25. The van der Waals surface area contributed by atoms with Crippen molar-refractivity contribution in [3.63, 3.8) is 0 Å². The van der Waals surface area contributed by atoms with Crippen molar-refractivity contribution in [2.75, 3.05) is 0 Å². The number of hydrogen-bond donors (Lipinski definition) is 0. The van der Waals surface area contributed by atoms with Gasteiger partial charge in [-0.1, -0.05) is 21.9 Å². The van der Waals surface area contributed by atoms with E-state index >= 15 is 0 Å². The molecular weight excluding hydrogens is 202 g/mol. The third-order valence-corrected chi connectivity index (χ3v) is 1.64. The lowest BCUT2D eigenvalue weighted by atomic mass is 10.2. The minimum Gasteiger partial charge on any atom is -0.183 e. The molecule has 0 N–H and O–H groups in total. The Kier molecular flexibility index (Phi) is 2.72. The zero-order valence-corrected chi connectivity index (χ0v) is 7.22. The molecule has 0 heterocycles. The van der Waals surface area contributed by atoms with Crippen molar-refractivity contribution >= 4 is 15.9 Å². The lowest BCUT2D eigenvalue weighted by Crippen LogP contribution is -1.71. The maximum absolute atomic E-state index is 8.15. The van der Waals surface area contributed by atoms with Gasteiger partial charge in [0.05, 0.1) is 0 Å². The van der Waals surface area contributed by atoms with Crippen LogP contribution < -0.4 is 0 Å². The van der Waals surface area contributed by atoms with Gasteiger partial charge in [-0.3, -0.25) is 0 Å². The second-order valence-corrected chi connectivity index (χ2v) is 2.78. The molecule has 2 heteroatoms. The van der Waals surface area contributed by atoms with Gasteiger partial charge in [-0.25, -0.2) is 0 Å². The van der Waals surface area contributed by atoms with Crippen LogP contribution in [0.25, 0.3) is 0 Å². The molecule has 0 radical (unpaired) electrons. The van der Waals surface area contributed by atoms with Crippen LogP contribution in [0.1, 0.15) is 5.56 Å². The van der Waals surface area contributed by atoms with E-state index in [2.05, 4.69) is 27.8 Å². The quantitative estimate of drug-likeness (QED) is 0.597. The molecule has 0 atom stereocenters. The minimum absolute atomic E-state index is 0.856. The second kappa shape index (κ2) is 3.81. The topological polar surface area (TPSA) is 23.8 Å². The minimum atomic E-state index is 0.856. The van der Waals surface area contributed by atoms with Crippen LogP contribution >= 0.6 is 15.9 Å². The van der Waals surface area contributed by atoms with Gasteiger partial charge in [0.2, 0.25) is 0 Å². The van der Waals surface area contributed by atoms with Crippen LogP contribution in [-0.2, 0) is 0 Å². The summed E-state index contributed by atoms with van der Waals surface area (Å²) in [5, 5.41) is 8.15. The lowest BCUT2D eigenvalue weighted by Gasteiger charge is -1.88. The predicted octanol–water partition coefficient (Wildman–Crippen LogP) is 2.32. The molecule has 0 aliphatic heterocycles. The number of nitrogens with zero attached hydrogens (tertiary/aromatic N) is 1. The van der Waals surface area contributed by atoms with Gasteiger partial charge in [-0.05, 0) is 24.3 Å². The van der Waals surface area contributed by atoms with E-state index in [1.807, 2.05) is 24.3 Å². The van der Waals surface area contributed by atoms with Crippen LogP contribution in [0.5, 0.6) is 0 Å². The SMILES string of the molecule is N#CC#Cc1ccc(Br)cc1. The Morgan fingerprint density at radius 2 is 1.82 bits per heavy atom. The first-order valence-electron chi connectivity index (χ1n) is 2.98. The van der Waals surface area contributed by atoms with Gasteiger partial charge in [0.25, 0.3) is 0 Å². The van der Waals surface area contributed by atoms with E-state index < -0.39 is 0 Å². The molecule has 0 aliphatic carbocycles. The molecule has 0 amide bonds. The van der Waals surface area contributed by atoms with Crippen LogP contribution in [0.2, 0.25) is 0 Å². The maximum Gasteiger partial charge on any atom is 0.152 e. The van der Waals surface area contributed by atoms with Gasteiger partial charge >= 0.3 is 0 Å². The van der Waals surface area contributed by atoms with Crippen molar-refractivity contribution in [2.45, 2.75) is 0 Å². The van der Waals surface area contributed by atoms with Gasteiger partial charge < -0.3 is 0 Å².